The quantitative estimate of drug-likeness (QED) is 0.351. The molecule has 2 atom stereocenters. The summed E-state index contributed by atoms with van der Waals surface area (Å²) in [6.45, 7) is 0. The van der Waals surface area contributed by atoms with E-state index in [4.69, 9.17) is 16.7 Å². The summed E-state index contributed by atoms with van der Waals surface area (Å²) in [5.74, 6) is -0.868. The van der Waals surface area contributed by atoms with Crippen LogP contribution in [-0.2, 0) is 4.79 Å². The summed E-state index contributed by atoms with van der Waals surface area (Å²) in [7, 11) is 0. The molecule has 3 aromatic rings. The molecule has 35 heavy (non-hydrogen) atoms. The summed E-state index contributed by atoms with van der Waals surface area (Å²) < 4.78 is 27.0. The minimum atomic E-state index is -0.329. The van der Waals surface area contributed by atoms with Crippen molar-refractivity contribution in [3.63, 3.8) is 0 Å². The number of benzene rings is 3. The van der Waals surface area contributed by atoms with E-state index in [9.17, 15) is 13.6 Å². The second kappa shape index (κ2) is 9.96. The Balaban J connectivity index is 1.50. The minimum Gasteiger partial charge on any atom is -0.268 e. The van der Waals surface area contributed by atoms with Crippen LogP contribution in [0.15, 0.2) is 89.5 Å². The predicted octanol–water partition coefficient (Wildman–Crippen LogP) is 7.45. The van der Waals surface area contributed by atoms with Crippen LogP contribution in [0.5, 0.6) is 0 Å². The largest absolute Gasteiger partial charge is 0.268 e. The molecule has 2 aliphatic rings. The first-order valence-corrected chi connectivity index (χ1v) is 11.9. The van der Waals surface area contributed by atoms with Crippen LogP contribution in [0.25, 0.3) is 12.2 Å². The standard InChI is InChI=1S/C29H23ClF2N2O/c30-23-11-4-19(5-12-23)8-17-27(35)34-29(21-9-15-25(32)16-10-21)26-3-1-2-22(28(26)33-34)18-20-6-13-24(31)14-7-20/h4-18,26,29H,1-3H2/b17-8+,22-18+/t26-,29-/m0/s1. The molecule has 5 rings (SSSR count). The zero-order valence-electron chi connectivity index (χ0n) is 18.9. The van der Waals surface area contributed by atoms with E-state index in [1.807, 2.05) is 18.2 Å². The van der Waals surface area contributed by atoms with Gasteiger partial charge in [-0.2, -0.15) is 5.10 Å². The maximum absolute atomic E-state index is 13.7. The average Bonchev–Trinajstić information content (AvgIpc) is 3.26. The maximum atomic E-state index is 13.7. The highest BCUT2D eigenvalue weighted by Gasteiger charge is 2.43. The molecule has 0 unspecified atom stereocenters. The summed E-state index contributed by atoms with van der Waals surface area (Å²) in [6.07, 6.45) is 7.89. The molecule has 1 heterocycles. The number of allylic oxidation sites excluding steroid dienone is 1. The SMILES string of the molecule is O=C(/C=C/c1ccc(Cl)cc1)N1N=C2/C(=C/c3ccc(F)cc3)CCC[C@@H]2[C@@H]1c1ccc(F)cc1. The van der Waals surface area contributed by atoms with E-state index < -0.39 is 0 Å². The van der Waals surface area contributed by atoms with Gasteiger partial charge in [-0.1, -0.05) is 48.0 Å². The third-order valence-electron chi connectivity index (χ3n) is 6.44. The van der Waals surface area contributed by atoms with Gasteiger partial charge in [-0.05, 0) is 90.1 Å². The number of amides is 1. The molecule has 1 saturated carbocycles. The summed E-state index contributed by atoms with van der Waals surface area (Å²) >= 11 is 5.96. The summed E-state index contributed by atoms with van der Waals surface area (Å²) in [5, 5.41) is 6.95. The molecule has 1 fully saturated rings. The van der Waals surface area contributed by atoms with Gasteiger partial charge in [0.1, 0.15) is 11.6 Å². The molecule has 6 heteroatoms. The normalized spacial score (nSPS) is 20.8. The van der Waals surface area contributed by atoms with E-state index in [0.29, 0.717) is 5.02 Å². The third-order valence-corrected chi connectivity index (χ3v) is 6.69. The monoisotopic (exact) mass is 488 g/mol. The lowest BCUT2D eigenvalue weighted by Gasteiger charge is -2.29. The van der Waals surface area contributed by atoms with Gasteiger partial charge in [-0.25, -0.2) is 13.8 Å². The van der Waals surface area contributed by atoms with Crippen molar-refractivity contribution in [3.05, 3.63) is 118 Å². The van der Waals surface area contributed by atoms with Gasteiger partial charge >= 0.3 is 0 Å². The zero-order chi connectivity index (χ0) is 24.4. The fraction of sp³-hybridized carbons (Fsp3) is 0.172. The van der Waals surface area contributed by atoms with E-state index in [-0.39, 0.29) is 29.5 Å². The third kappa shape index (κ3) is 5.10. The van der Waals surface area contributed by atoms with Crippen molar-refractivity contribution >= 4 is 35.4 Å². The summed E-state index contributed by atoms with van der Waals surface area (Å²) in [4.78, 5) is 13.4. The fourth-order valence-electron chi connectivity index (χ4n) is 4.75. The maximum Gasteiger partial charge on any atom is 0.267 e. The Morgan fingerprint density at radius 1 is 0.914 bits per heavy atom. The van der Waals surface area contributed by atoms with Crippen molar-refractivity contribution in [1.29, 1.82) is 0 Å². The summed E-state index contributed by atoms with van der Waals surface area (Å²) in [6, 6.07) is 19.5. The van der Waals surface area contributed by atoms with Crippen molar-refractivity contribution in [2.24, 2.45) is 11.0 Å². The average molecular weight is 489 g/mol. The lowest BCUT2D eigenvalue weighted by Crippen LogP contribution is -2.31. The number of rotatable bonds is 4. The molecule has 0 spiro atoms. The molecule has 1 amide bonds. The molecule has 0 radical (unpaired) electrons. The minimum absolute atomic E-state index is 0.00575. The van der Waals surface area contributed by atoms with Crippen molar-refractivity contribution in [1.82, 2.24) is 5.01 Å². The molecule has 0 N–H and O–H groups in total. The Hall–Kier alpha value is -3.57. The highest BCUT2D eigenvalue weighted by atomic mass is 35.5. The number of nitrogens with zero attached hydrogens (tertiary/aromatic N) is 2. The van der Waals surface area contributed by atoms with Crippen LogP contribution in [0.2, 0.25) is 5.02 Å². The first-order chi connectivity index (χ1) is 17.0. The number of hydrogen-bond donors (Lipinski definition) is 0. The lowest BCUT2D eigenvalue weighted by atomic mass is 9.77. The molecular formula is C29H23ClF2N2O. The smallest absolute Gasteiger partial charge is 0.267 e. The Morgan fingerprint density at radius 2 is 1.54 bits per heavy atom. The van der Waals surface area contributed by atoms with E-state index >= 15 is 0 Å². The summed E-state index contributed by atoms with van der Waals surface area (Å²) in [5.41, 5.74) is 4.48. The van der Waals surface area contributed by atoms with E-state index in [2.05, 4.69) is 0 Å². The van der Waals surface area contributed by atoms with Crippen LogP contribution in [0.3, 0.4) is 0 Å². The van der Waals surface area contributed by atoms with Gasteiger partial charge in [-0.15, -0.1) is 0 Å². The Morgan fingerprint density at radius 3 is 2.23 bits per heavy atom. The molecule has 3 nitrogen and oxygen atoms in total. The van der Waals surface area contributed by atoms with Crippen LogP contribution in [0.4, 0.5) is 8.78 Å². The van der Waals surface area contributed by atoms with Gasteiger partial charge in [0.05, 0.1) is 11.8 Å². The van der Waals surface area contributed by atoms with Crippen LogP contribution >= 0.6 is 11.6 Å². The molecule has 0 aromatic heterocycles. The number of carbonyl (C=O) groups excluding carboxylic acids is 1. The molecule has 0 saturated heterocycles. The number of hydrazone groups is 1. The van der Waals surface area contributed by atoms with Crippen molar-refractivity contribution in [2.75, 3.05) is 0 Å². The second-order valence-corrected chi connectivity index (χ2v) is 9.21. The predicted molar refractivity (Wildman–Crippen MR) is 136 cm³/mol. The van der Waals surface area contributed by atoms with Crippen LogP contribution in [0, 0.1) is 17.6 Å². The van der Waals surface area contributed by atoms with Crippen LogP contribution in [-0.4, -0.2) is 16.6 Å². The molecule has 176 valence electrons. The number of fused-ring (bicyclic) bond motifs is 1. The Kier molecular flexibility index (Phi) is 6.60. The lowest BCUT2D eigenvalue weighted by molar-refractivity contribution is -0.128. The second-order valence-electron chi connectivity index (χ2n) is 8.77. The molecule has 3 aromatic carbocycles. The van der Waals surface area contributed by atoms with Gasteiger partial charge < -0.3 is 0 Å². The van der Waals surface area contributed by atoms with E-state index in [0.717, 1.165) is 47.2 Å². The molecule has 0 bridgehead atoms. The molecular weight excluding hydrogens is 466 g/mol. The van der Waals surface area contributed by atoms with Crippen LogP contribution < -0.4 is 0 Å². The van der Waals surface area contributed by atoms with Gasteiger partial charge in [0.15, 0.2) is 0 Å². The van der Waals surface area contributed by atoms with Crippen molar-refractivity contribution in [3.8, 4) is 0 Å². The topological polar surface area (TPSA) is 32.7 Å². The Labute approximate surface area is 208 Å². The van der Waals surface area contributed by atoms with Gasteiger partial charge in [0.25, 0.3) is 5.91 Å². The number of hydrogen-bond acceptors (Lipinski definition) is 2. The Bertz CT molecular complexity index is 1310. The van der Waals surface area contributed by atoms with Gasteiger partial charge in [-0.3, -0.25) is 4.79 Å². The molecule has 1 aliphatic heterocycles. The van der Waals surface area contributed by atoms with E-state index in [1.165, 1.54) is 35.4 Å². The molecule has 1 aliphatic carbocycles. The van der Waals surface area contributed by atoms with E-state index in [1.54, 1.807) is 42.5 Å². The van der Waals surface area contributed by atoms with Gasteiger partial charge in [0, 0.05) is 17.0 Å². The highest BCUT2D eigenvalue weighted by Crippen LogP contribution is 2.44. The first-order valence-electron chi connectivity index (χ1n) is 11.6. The zero-order valence-corrected chi connectivity index (χ0v) is 19.6. The number of halogens is 3. The van der Waals surface area contributed by atoms with Crippen LogP contribution in [0.1, 0.15) is 42.0 Å². The number of carbonyl (C=O) groups is 1. The van der Waals surface area contributed by atoms with Crippen molar-refractivity contribution < 1.29 is 13.6 Å². The highest BCUT2D eigenvalue weighted by molar-refractivity contribution is 6.30. The fourth-order valence-corrected chi connectivity index (χ4v) is 4.88. The first kappa shape index (κ1) is 23.2. The van der Waals surface area contributed by atoms with Gasteiger partial charge in [0.2, 0.25) is 0 Å². The van der Waals surface area contributed by atoms with Crippen molar-refractivity contribution in [2.45, 2.75) is 25.3 Å².